The average Bonchev–Trinajstić information content (AvgIpc) is 2.72. The molecule has 0 bridgehead atoms. The van der Waals surface area contributed by atoms with Crippen LogP contribution in [0.4, 0.5) is 5.69 Å². The number of benzene rings is 2. The Labute approximate surface area is 167 Å². The van der Waals surface area contributed by atoms with Crippen LogP contribution in [-0.4, -0.2) is 18.0 Å². The average molecular weight is 410 g/mol. The first-order chi connectivity index (χ1) is 13.9. The van der Waals surface area contributed by atoms with Crippen molar-refractivity contribution in [2.75, 3.05) is 7.11 Å². The van der Waals surface area contributed by atoms with Gasteiger partial charge in [0.15, 0.2) is 0 Å². The van der Waals surface area contributed by atoms with Crippen LogP contribution >= 0.6 is 11.3 Å². The molecule has 29 heavy (non-hydrogen) atoms. The van der Waals surface area contributed by atoms with Gasteiger partial charge in [0.2, 0.25) is 10.6 Å². The molecule has 1 aliphatic rings. The molecular formula is C20H14N2O6S. The van der Waals surface area contributed by atoms with E-state index in [0.29, 0.717) is 15.6 Å². The van der Waals surface area contributed by atoms with Crippen LogP contribution in [-0.2, 0) is 9.53 Å². The Hall–Kier alpha value is -3.72. The zero-order valence-electron chi connectivity index (χ0n) is 15.1. The lowest BCUT2D eigenvalue weighted by atomic mass is 9.83. The lowest BCUT2D eigenvalue weighted by molar-refractivity contribution is -0.384. The molecule has 2 N–H and O–H groups in total. The van der Waals surface area contributed by atoms with Crippen LogP contribution in [0.5, 0.6) is 5.75 Å². The largest absolute Gasteiger partial charge is 0.465 e. The third-order valence-electron chi connectivity index (χ3n) is 4.70. The van der Waals surface area contributed by atoms with E-state index in [-0.39, 0.29) is 33.2 Å². The summed E-state index contributed by atoms with van der Waals surface area (Å²) < 4.78 is 11.0. The van der Waals surface area contributed by atoms with Gasteiger partial charge in [-0.15, -0.1) is 0 Å². The SMILES string of the molecule is COC(=O)C1=C(N)Oc2c(c(=O)sc3ccccc23)C1c1ccc([N+](=O)[O-])cc1. The number of nitro groups is 1. The van der Waals surface area contributed by atoms with Gasteiger partial charge in [0.25, 0.3) is 5.69 Å². The number of esters is 1. The Morgan fingerprint density at radius 2 is 1.90 bits per heavy atom. The van der Waals surface area contributed by atoms with Gasteiger partial charge in [0, 0.05) is 22.2 Å². The molecule has 9 heteroatoms. The van der Waals surface area contributed by atoms with Crippen LogP contribution in [0.2, 0.25) is 0 Å². The number of nitrogens with two attached hydrogens (primary N) is 1. The Bertz CT molecular complexity index is 1250. The highest BCUT2D eigenvalue weighted by Gasteiger charge is 2.38. The van der Waals surface area contributed by atoms with Crippen LogP contribution in [0.15, 0.2) is 64.8 Å². The molecule has 0 spiro atoms. The number of non-ortho nitro benzene ring substituents is 1. The zero-order valence-corrected chi connectivity index (χ0v) is 15.9. The molecule has 1 aliphatic heterocycles. The summed E-state index contributed by atoms with van der Waals surface area (Å²) in [6, 6.07) is 12.8. The van der Waals surface area contributed by atoms with Crippen molar-refractivity contribution in [1.82, 2.24) is 0 Å². The molecule has 3 aromatic rings. The summed E-state index contributed by atoms with van der Waals surface area (Å²) in [7, 11) is 1.20. The fourth-order valence-electron chi connectivity index (χ4n) is 3.40. The molecular weight excluding hydrogens is 396 g/mol. The molecule has 0 aliphatic carbocycles. The number of nitro benzene ring substituents is 1. The van der Waals surface area contributed by atoms with Crippen molar-refractivity contribution >= 4 is 33.1 Å². The number of carbonyl (C=O) groups is 1. The molecule has 4 rings (SSSR count). The molecule has 2 heterocycles. The number of ether oxygens (including phenoxy) is 2. The number of fused-ring (bicyclic) bond motifs is 3. The van der Waals surface area contributed by atoms with Gasteiger partial charge in [-0.25, -0.2) is 4.79 Å². The van der Waals surface area contributed by atoms with Gasteiger partial charge in [-0.05, 0) is 17.7 Å². The lowest BCUT2D eigenvalue weighted by Crippen LogP contribution is -2.30. The Morgan fingerprint density at radius 1 is 1.21 bits per heavy atom. The van der Waals surface area contributed by atoms with E-state index < -0.39 is 16.8 Å². The minimum absolute atomic E-state index is 0.0200. The first kappa shape index (κ1) is 18.6. The quantitative estimate of drug-likeness (QED) is 0.400. The van der Waals surface area contributed by atoms with Gasteiger partial charge >= 0.3 is 5.97 Å². The van der Waals surface area contributed by atoms with Crippen LogP contribution < -0.4 is 15.2 Å². The fraction of sp³-hybridized carbons (Fsp3) is 0.100. The minimum Gasteiger partial charge on any atom is -0.465 e. The first-order valence-corrected chi connectivity index (χ1v) is 9.30. The van der Waals surface area contributed by atoms with Crippen molar-refractivity contribution in [3.63, 3.8) is 0 Å². The zero-order chi connectivity index (χ0) is 20.7. The summed E-state index contributed by atoms with van der Waals surface area (Å²) in [6.07, 6.45) is 0. The molecule has 146 valence electrons. The molecule has 0 radical (unpaired) electrons. The molecule has 1 atom stereocenters. The van der Waals surface area contributed by atoms with Crippen LogP contribution in [0.3, 0.4) is 0 Å². The number of rotatable bonds is 3. The standard InChI is InChI=1S/C20H14N2O6S/c1-27-19(23)16-14(10-6-8-11(9-7-10)22(25)26)15-17(28-18(16)21)12-4-2-3-5-13(12)29-20(15)24/h2-9,14H,21H2,1H3. The van der Waals surface area contributed by atoms with Gasteiger partial charge < -0.3 is 15.2 Å². The highest BCUT2D eigenvalue weighted by atomic mass is 32.1. The third kappa shape index (κ3) is 3.01. The molecule has 1 unspecified atom stereocenters. The molecule has 2 aromatic carbocycles. The Morgan fingerprint density at radius 3 is 2.55 bits per heavy atom. The van der Waals surface area contributed by atoms with Gasteiger partial charge in [0.05, 0.1) is 23.5 Å². The second kappa shape index (κ2) is 7.02. The van der Waals surface area contributed by atoms with E-state index in [1.165, 1.54) is 31.4 Å². The Kier molecular flexibility index (Phi) is 4.51. The van der Waals surface area contributed by atoms with Gasteiger partial charge in [0.1, 0.15) is 11.3 Å². The Balaban J connectivity index is 2.02. The van der Waals surface area contributed by atoms with E-state index in [0.717, 1.165) is 11.3 Å². The van der Waals surface area contributed by atoms with Crippen molar-refractivity contribution < 1.29 is 19.2 Å². The molecule has 0 saturated heterocycles. The van der Waals surface area contributed by atoms with E-state index in [2.05, 4.69) is 0 Å². The van der Waals surface area contributed by atoms with Gasteiger partial charge in [-0.1, -0.05) is 35.6 Å². The highest BCUT2D eigenvalue weighted by Crippen LogP contribution is 2.44. The number of carbonyl (C=O) groups excluding carboxylic acids is 1. The molecule has 0 saturated carbocycles. The second-order valence-electron chi connectivity index (χ2n) is 6.28. The summed E-state index contributed by atoms with van der Waals surface area (Å²) in [4.78, 5) is 36.0. The van der Waals surface area contributed by atoms with Crippen molar-refractivity contribution in [3.8, 4) is 5.75 Å². The van der Waals surface area contributed by atoms with E-state index >= 15 is 0 Å². The van der Waals surface area contributed by atoms with Gasteiger partial charge in [-0.2, -0.15) is 0 Å². The third-order valence-corrected chi connectivity index (χ3v) is 5.68. The predicted molar refractivity (Wildman–Crippen MR) is 107 cm³/mol. The van der Waals surface area contributed by atoms with Crippen molar-refractivity contribution in [1.29, 1.82) is 0 Å². The molecule has 0 amide bonds. The molecule has 0 fully saturated rings. The number of methoxy groups -OCH3 is 1. The normalized spacial score (nSPS) is 15.6. The fourth-order valence-corrected chi connectivity index (χ4v) is 4.33. The van der Waals surface area contributed by atoms with E-state index in [1.807, 2.05) is 0 Å². The molecule has 8 nitrogen and oxygen atoms in total. The van der Waals surface area contributed by atoms with E-state index in [1.54, 1.807) is 24.3 Å². The lowest BCUT2D eigenvalue weighted by Gasteiger charge is -2.28. The van der Waals surface area contributed by atoms with Crippen LogP contribution in [0.25, 0.3) is 10.1 Å². The minimum atomic E-state index is -0.875. The smallest absolute Gasteiger partial charge is 0.340 e. The highest BCUT2D eigenvalue weighted by molar-refractivity contribution is 7.16. The summed E-state index contributed by atoms with van der Waals surface area (Å²) in [6.45, 7) is 0. The van der Waals surface area contributed by atoms with Gasteiger partial charge in [-0.3, -0.25) is 14.9 Å². The summed E-state index contributed by atoms with van der Waals surface area (Å²) in [5.41, 5.74) is 6.67. The number of hydrogen-bond donors (Lipinski definition) is 1. The maximum atomic E-state index is 13.0. The van der Waals surface area contributed by atoms with E-state index in [4.69, 9.17) is 15.2 Å². The van der Waals surface area contributed by atoms with Crippen LogP contribution in [0.1, 0.15) is 17.0 Å². The monoisotopic (exact) mass is 410 g/mol. The summed E-state index contributed by atoms with van der Waals surface area (Å²) in [5.74, 6) is -1.51. The molecule has 1 aromatic heterocycles. The predicted octanol–water partition coefficient (Wildman–Crippen LogP) is 3.04. The van der Waals surface area contributed by atoms with Crippen LogP contribution in [0, 0.1) is 10.1 Å². The van der Waals surface area contributed by atoms with E-state index in [9.17, 15) is 19.7 Å². The number of hydrogen-bond acceptors (Lipinski definition) is 8. The maximum absolute atomic E-state index is 13.0. The summed E-state index contributed by atoms with van der Waals surface area (Å²) in [5, 5.41) is 11.7. The van der Waals surface area contributed by atoms with Crippen molar-refractivity contribution in [2.24, 2.45) is 5.73 Å². The topological polar surface area (TPSA) is 122 Å². The number of nitrogens with zero attached hydrogens (tertiary/aromatic N) is 1. The maximum Gasteiger partial charge on any atom is 0.340 e. The summed E-state index contributed by atoms with van der Waals surface area (Å²) >= 11 is 1.03. The first-order valence-electron chi connectivity index (χ1n) is 8.48. The van der Waals surface area contributed by atoms with Crippen molar-refractivity contribution in [3.05, 3.63) is 90.8 Å². The second-order valence-corrected chi connectivity index (χ2v) is 7.30. The van der Waals surface area contributed by atoms with Crippen molar-refractivity contribution in [2.45, 2.75) is 5.92 Å².